The molecule has 0 spiro atoms. The van der Waals surface area contributed by atoms with Crippen LogP contribution in [0.5, 0.6) is 0 Å². The minimum absolute atomic E-state index is 0.0712. The number of carbonyl (C=O) groups excluding carboxylic acids is 3. The van der Waals surface area contributed by atoms with Gasteiger partial charge in [-0.15, -0.1) is 0 Å². The van der Waals surface area contributed by atoms with Gasteiger partial charge in [0.25, 0.3) is 0 Å². The lowest BCUT2D eigenvalue weighted by Gasteiger charge is -2.18. The zero-order valence-corrected chi connectivity index (χ0v) is 53.0. The van der Waals surface area contributed by atoms with Crippen molar-refractivity contribution in [2.45, 2.75) is 406 Å². The lowest BCUT2D eigenvalue weighted by Crippen LogP contribution is -2.30. The van der Waals surface area contributed by atoms with E-state index in [0.717, 1.165) is 77.0 Å². The molecule has 0 aliphatic rings. The lowest BCUT2D eigenvalue weighted by atomic mass is 10.0. The van der Waals surface area contributed by atoms with E-state index in [-0.39, 0.29) is 31.1 Å². The molecule has 78 heavy (non-hydrogen) atoms. The van der Waals surface area contributed by atoms with Gasteiger partial charge in [0.05, 0.1) is 0 Å². The van der Waals surface area contributed by atoms with Crippen LogP contribution in [0, 0.1) is 0 Å². The molecule has 0 aromatic heterocycles. The standard InChI is InChI=1S/C72H136O6/c1-4-7-10-13-16-19-22-24-26-28-29-30-31-32-33-34-35-36-37-38-39-40-41-42-43-44-46-47-50-53-56-59-62-65-71(74)77-68-69(67-76-70(73)64-61-58-55-52-49-21-18-15-12-9-6-3)78-72(75)66-63-60-57-54-51-48-45-27-25-23-20-17-14-11-8-5-2/h20,23,27,45,69H,4-19,21-22,24-26,28-44,46-68H2,1-3H3/b23-20-,45-27-. The average Bonchev–Trinajstić information content (AvgIpc) is 3.44. The third-order valence-corrected chi connectivity index (χ3v) is 16.2. The van der Waals surface area contributed by atoms with Crippen LogP contribution in [-0.2, 0) is 28.6 Å². The van der Waals surface area contributed by atoms with Crippen LogP contribution < -0.4 is 0 Å². The first-order valence-electron chi connectivity index (χ1n) is 35.3. The maximum absolute atomic E-state index is 12.9. The molecule has 0 aromatic rings. The van der Waals surface area contributed by atoms with E-state index in [1.807, 2.05) is 0 Å². The van der Waals surface area contributed by atoms with Crippen LogP contribution in [0.15, 0.2) is 24.3 Å². The highest BCUT2D eigenvalue weighted by atomic mass is 16.6. The van der Waals surface area contributed by atoms with Crippen LogP contribution in [-0.4, -0.2) is 37.2 Å². The Morgan fingerprint density at radius 2 is 0.462 bits per heavy atom. The maximum atomic E-state index is 12.9. The number of rotatable bonds is 66. The summed E-state index contributed by atoms with van der Waals surface area (Å²) in [6, 6.07) is 0. The van der Waals surface area contributed by atoms with E-state index in [1.165, 1.54) is 283 Å². The summed E-state index contributed by atoms with van der Waals surface area (Å²) in [5.74, 6) is -0.859. The van der Waals surface area contributed by atoms with Crippen molar-refractivity contribution < 1.29 is 28.6 Å². The Bertz CT molecular complexity index is 1260. The highest BCUT2D eigenvalue weighted by molar-refractivity contribution is 5.71. The number of hydrogen-bond acceptors (Lipinski definition) is 6. The number of unbranched alkanes of at least 4 members (excludes halogenated alkanes) is 51. The van der Waals surface area contributed by atoms with Crippen molar-refractivity contribution in [3.05, 3.63) is 24.3 Å². The fourth-order valence-corrected chi connectivity index (χ4v) is 10.9. The summed E-state index contributed by atoms with van der Waals surface area (Å²) in [5.41, 5.74) is 0. The molecular formula is C72H136O6. The van der Waals surface area contributed by atoms with E-state index in [2.05, 4.69) is 45.1 Å². The van der Waals surface area contributed by atoms with Crippen molar-refractivity contribution >= 4 is 17.9 Å². The summed E-state index contributed by atoms with van der Waals surface area (Å²) < 4.78 is 16.9. The van der Waals surface area contributed by atoms with Crippen molar-refractivity contribution in [2.24, 2.45) is 0 Å². The van der Waals surface area contributed by atoms with E-state index >= 15 is 0 Å². The first-order valence-corrected chi connectivity index (χ1v) is 35.3. The quantitative estimate of drug-likeness (QED) is 0.0261. The molecule has 460 valence electrons. The Kier molecular flexibility index (Phi) is 65.6. The predicted molar refractivity (Wildman–Crippen MR) is 340 cm³/mol. The second-order valence-electron chi connectivity index (χ2n) is 24.2. The van der Waals surface area contributed by atoms with Crippen molar-refractivity contribution in [3.63, 3.8) is 0 Å². The van der Waals surface area contributed by atoms with E-state index in [1.54, 1.807) is 0 Å². The van der Waals surface area contributed by atoms with Gasteiger partial charge in [-0.1, -0.05) is 353 Å². The molecule has 0 aliphatic carbocycles. The molecule has 0 bridgehead atoms. The maximum Gasteiger partial charge on any atom is 0.306 e. The minimum Gasteiger partial charge on any atom is -0.462 e. The number of esters is 3. The van der Waals surface area contributed by atoms with Crippen LogP contribution in [0.1, 0.15) is 400 Å². The van der Waals surface area contributed by atoms with E-state index < -0.39 is 6.10 Å². The molecule has 0 aliphatic heterocycles. The van der Waals surface area contributed by atoms with Gasteiger partial charge in [0.15, 0.2) is 6.10 Å². The van der Waals surface area contributed by atoms with Gasteiger partial charge < -0.3 is 14.2 Å². The Morgan fingerprint density at radius 1 is 0.256 bits per heavy atom. The molecule has 0 saturated carbocycles. The first kappa shape index (κ1) is 75.9. The van der Waals surface area contributed by atoms with Crippen LogP contribution in [0.4, 0.5) is 0 Å². The molecular weight excluding hydrogens is 961 g/mol. The van der Waals surface area contributed by atoms with Crippen molar-refractivity contribution in [1.29, 1.82) is 0 Å². The molecule has 0 saturated heterocycles. The molecule has 1 unspecified atom stereocenters. The van der Waals surface area contributed by atoms with E-state index in [4.69, 9.17) is 14.2 Å². The molecule has 6 heteroatoms. The second kappa shape index (κ2) is 67.4. The molecule has 0 aromatic carbocycles. The predicted octanol–water partition coefficient (Wildman–Crippen LogP) is 24.2. The Morgan fingerprint density at radius 3 is 0.718 bits per heavy atom. The summed E-state index contributed by atoms with van der Waals surface area (Å²) in [4.78, 5) is 38.3. The lowest BCUT2D eigenvalue weighted by molar-refractivity contribution is -0.167. The number of allylic oxidation sites excluding steroid dienone is 4. The molecule has 0 heterocycles. The topological polar surface area (TPSA) is 78.9 Å². The fraction of sp³-hybridized carbons (Fsp3) is 0.903. The molecule has 0 radical (unpaired) electrons. The highest BCUT2D eigenvalue weighted by Crippen LogP contribution is 2.19. The molecule has 1 atom stereocenters. The first-order chi connectivity index (χ1) is 38.5. The van der Waals surface area contributed by atoms with Crippen molar-refractivity contribution in [3.8, 4) is 0 Å². The zero-order valence-electron chi connectivity index (χ0n) is 53.0. The highest BCUT2D eigenvalue weighted by Gasteiger charge is 2.19. The molecule has 6 nitrogen and oxygen atoms in total. The van der Waals surface area contributed by atoms with Crippen molar-refractivity contribution in [1.82, 2.24) is 0 Å². The number of ether oxygens (including phenoxy) is 3. The summed E-state index contributed by atoms with van der Waals surface area (Å²) >= 11 is 0. The van der Waals surface area contributed by atoms with Gasteiger partial charge in [-0.3, -0.25) is 14.4 Å². The van der Waals surface area contributed by atoms with Crippen LogP contribution in [0.25, 0.3) is 0 Å². The second-order valence-corrected chi connectivity index (χ2v) is 24.2. The van der Waals surface area contributed by atoms with Crippen LogP contribution >= 0.6 is 0 Å². The van der Waals surface area contributed by atoms with Gasteiger partial charge in [-0.05, 0) is 51.4 Å². The van der Waals surface area contributed by atoms with Gasteiger partial charge in [-0.25, -0.2) is 0 Å². The molecule has 0 amide bonds. The van der Waals surface area contributed by atoms with Crippen molar-refractivity contribution in [2.75, 3.05) is 13.2 Å². The largest absolute Gasteiger partial charge is 0.462 e. The van der Waals surface area contributed by atoms with Gasteiger partial charge >= 0.3 is 17.9 Å². The number of carbonyl (C=O) groups is 3. The fourth-order valence-electron chi connectivity index (χ4n) is 10.9. The SMILES string of the molecule is CCCCCC/C=C\C/C=C\CCCCCCCC(=O)OC(COC(=O)CCCCCCCCCCCCC)COC(=O)CCCCCCCCCCCCCCCCCCCCCCCCCCCCCCCCCCC. The Balaban J connectivity index is 4.04. The van der Waals surface area contributed by atoms with Gasteiger partial charge in [0.1, 0.15) is 13.2 Å². The smallest absolute Gasteiger partial charge is 0.306 e. The van der Waals surface area contributed by atoms with E-state index in [9.17, 15) is 14.4 Å². The third kappa shape index (κ3) is 64.7. The third-order valence-electron chi connectivity index (χ3n) is 16.2. The average molecular weight is 1100 g/mol. The zero-order chi connectivity index (χ0) is 56.4. The summed E-state index contributed by atoms with van der Waals surface area (Å²) in [6.07, 6.45) is 82.3. The van der Waals surface area contributed by atoms with Crippen LogP contribution in [0.2, 0.25) is 0 Å². The Labute approximate surface area is 487 Å². The molecule has 0 rings (SSSR count). The van der Waals surface area contributed by atoms with Gasteiger partial charge in [0, 0.05) is 19.3 Å². The van der Waals surface area contributed by atoms with Gasteiger partial charge in [-0.2, -0.15) is 0 Å². The summed E-state index contributed by atoms with van der Waals surface area (Å²) in [7, 11) is 0. The van der Waals surface area contributed by atoms with E-state index in [0.29, 0.717) is 19.3 Å². The molecule has 0 N–H and O–H groups in total. The monoisotopic (exact) mass is 1100 g/mol. The number of hydrogen-bond donors (Lipinski definition) is 0. The normalized spacial score (nSPS) is 12.1. The van der Waals surface area contributed by atoms with Gasteiger partial charge in [0.2, 0.25) is 0 Å². The summed E-state index contributed by atoms with van der Waals surface area (Å²) in [5, 5.41) is 0. The summed E-state index contributed by atoms with van der Waals surface area (Å²) in [6.45, 7) is 6.67. The Hall–Kier alpha value is -2.11. The minimum atomic E-state index is -0.775. The molecule has 0 fully saturated rings. The van der Waals surface area contributed by atoms with Crippen LogP contribution in [0.3, 0.4) is 0 Å².